The number of amides is 1. The van der Waals surface area contributed by atoms with Gasteiger partial charge in [-0.3, -0.25) is 9.59 Å². The Balaban J connectivity index is 1.48. The maximum atomic E-state index is 12.5. The molecule has 4 rings (SSSR count). The highest BCUT2D eigenvalue weighted by Gasteiger charge is 2.20. The van der Waals surface area contributed by atoms with Crippen molar-refractivity contribution in [1.82, 2.24) is 9.97 Å². The van der Waals surface area contributed by atoms with Gasteiger partial charge in [0.2, 0.25) is 5.91 Å². The summed E-state index contributed by atoms with van der Waals surface area (Å²) in [5, 5.41) is 4.63. The van der Waals surface area contributed by atoms with Crippen molar-refractivity contribution in [1.29, 1.82) is 0 Å². The van der Waals surface area contributed by atoms with E-state index >= 15 is 0 Å². The number of benzene rings is 1. The maximum Gasteiger partial charge on any atom is 0.260 e. The van der Waals surface area contributed by atoms with Gasteiger partial charge in [0.1, 0.15) is 4.83 Å². The number of hydrogen-bond acceptors (Lipinski definition) is 5. The first-order valence-corrected chi connectivity index (χ1v) is 10.9. The van der Waals surface area contributed by atoms with Crippen LogP contribution >= 0.6 is 34.7 Å². The number of carbonyl (C=O) groups is 1. The highest BCUT2D eigenvalue weighted by molar-refractivity contribution is 7.99. The van der Waals surface area contributed by atoms with Crippen LogP contribution in [0.4, 0.5) is 5.69 Å². The molecule has 0 atom stereocenters. The lowest BCUT2D eigenvalue weighted by Crippen LogP contribution is -2.15. The highest BCUT2D eigenvalue weighted by atomic mass is 35.5. The molecule has 0 radical (unpaired) electrons. The molecule has 0 unspecified atom stereocenters. The lowest BCUT2D eigenvalue weighted by molar-refractivity contribution is -0.113. The van der Waals surface area contributed by atoms with Crippen LogP contribution in [-0.2, 0) is 17.6 Å². The van der Waals surface area contributed by atoms with Crippen LogP contribution in [0.2, 0.25) is 5.02 Å². The van der Waals surface area contributed by atoms with Crippen LogP contribution in [0.15, 0.2) is 28.2 Å². The number of thiophene rings is 1. The summed E-state index contributed by atoms with van der Waals surface area (Å²) in [6.07, 6.45) is 4.27. The molecule has 2 N–H and O–H groups in total. The Kier molecular flexibility index (Phi) is 5.25. The van der Waals surface area contributed by atoms with Crippen molar-refractivity contribution in [2.45, 2.75) is 37.8 Å². The average molecular weight is 420 g/mol. The number of rotatable bonds is 4. The van der Waals surface area contributed by atoms with E-state index in [1.165, 1.54) is 28.6 Å². The largest absolute Gasteiger partial charge is 0.325 e. The van der Waals surface area contributed by atoms with Crippen molar-refractivity contribution in [2.75, 3.05) is 11.1 Å². The van der Waals surface area contributed by atoms with Crippen LogP contribution in [0.1, 0.15) is 28.8 Å². The Hall–Kier alpha value is -1.83. The maximum absolute atomic E-state index is 12.5. The monoisotopic (exact) mass is 419 g/mol. The molecule has 0 saturated heterocycles. The molecule has 1 aliphatic rings. The molecule has 0 aliphatic heterocycles. The molecule has 5 nitrogen and oxygen atoms in total. The van der Waals surface area contributed by atoms with Gasteiger partial charge < -0.3 is 10.3 Å². The minimum atomic E-state index is -0.173. The molecule has 140 valence electrons. The zero-order chi connectivity index (χ0) is 19.0. The van der Waals surface area contributed by atoms with E-state index in [0.29, 0.717) is 15.9 Å². The van der Waals surface area contributed by atoms with Crippen LogP contribution in [0.25, 0.3) is 10.2 Å². The smallest absolute Gasteiger partial charge is 0.260 e. The Bertz CT molecular complexity index is 1090. The third-order valence-electron chi connectivity index (χ3n) is 4.60. The number of nitrogens with one attached hydrogen (secondary N) is 2. The van der Waals surface area contributed by atoms with Crippen LogP contribution < -0.4 is 10.9 Å². The number of nitrogens with zero attached hydrogens (tertiary/aromatic N) is 1. The second-order valence-electron chi connectivity index (χ2n) is 6.56. The van der Waals surface area contributed by atoms with E-state index in [2.05, 4.69) is 15.3 Å². The molecule has 1 amide bonds. The van der Waals surface area contributed by atoms with Gasteiger partial charge in [-0.2, -0.15) is 0 Å². The van der Waals surface area contributed by atoms with E-state index in [4.69, 9.17) is 11.6 Å². The van der Waals surface area contributed by atoms with Gasteiger partial charge in [0.25, 0.3) is 5.56 Å². The van der Waals surface area contributed by atoms with Gasteiger partial charge in [0, 0.05) is 15.6 Å². The van der Waals surface area contributed by atoms with Crippen molar-refractivity contribution >= 4 is 56.5 Å². The van der Waals surface area contributed by atoms with E-state index in [1.54, 1.807) is 17.4 Å². The third kappa shape index (κ3) is 3.90. The Morgan fingerprint density at radius 2 is 2.19 bits per heavy atom. The number of aryl methyl sites for hydroxylation is 3. The van der Waals surface area contributed by atoms with Crippen molar-refractivity contribution in [2.24, 2.45) is 0 Å². The van der Waals surface area contributed by atoms with E-state index < -0.39 is 0 Å². The summed E-state index contributed by atoms with van der Waals surface area (Å²) in [7, 11) is 0. The lowest BCUT2D eigenvalue weighted by atomic mass is 9.97. The highest BCUT2D eigenvalue weighted by Crippen LogP contribution is 2.34. The number of anilines is 1. The summed E-state index contributed by atoms with van der Waals surface area (Å²) in [5.74, 6) is -0.0152. The molecule has 0 fully saturated rings. The third-order valence-corrected chi connectivity index (χ3v) is 7.07. The van der Waals surface area contributed by atoms with E-state index in [9.17, 15) is 9.59 Å². The predicted octanol–water partition coefficient (Wildman–Crippen LogP) is 4.56. The Morgan fingerprint density at radius 1 is 1.37 bits per heavy atom. The molecule has 3 aromatic rings. The number of aromatic nitrogens is 2. The van der Waals surface area contributed by atoms with Crippen LogP contribution in [0, 0.1) is 6.92 Å². The molecule has 0 bridgehead atoms. The van der Waals surface area contributed by atoms with Crippen molar-refractivity contribution in [3.05, 3.63) is 49.6 Å². The lowest BCUT2D eigenvalue weighted by Gasteiger charge is -2.09. The zero-order valence-corrected chi connectivity index (χ0v) is 17.1. The second kappa shape index (κ2) is 7.66. The summed E-state index contributed by atoms with van der Waals surface area (Å²) in [5.41, 5.74) is 2.67. The molecule has 2 heterocycles. The number of aromatic amines is 1. The topological polar surface area (TPSA) is 74.8 Å². The average Bonchev–Trinajstić information content (AvgIpc) is 3.02. The van der Waals surface area contributed by atoms with Crippen molar-refractivity contribution in [3.63, 3.8) is 0 Å². The van der Waals surface area contributed by atoms with Gasteiger partial charge in [0.15, 0.2) is 5.16 Å². The van der Waals surface area contributed by atoms with Gasteiger partial charge in [-0.05, 0) is 55.9 Å². The number of fused-ring (bicyclic) bond motifs is 3. The van der Waals surface area contributed by atoms with E-state index in [-0.39, 0.29) is 17.2 Å². The Morgan fingerprint density at radius 3 is 3.00 bits per heavy atom. The molecule has 1 aromatic carbocycles. The predicted molar refractivity (Wildman–Crippen MR) is 112 cm³/mol. The number of H-pyrrole nitrogens is 1. The minimum Gasteiger partial charge on any atom is -0.325 e. The first kappa shape index (κ1) is 18.5. The summed E-state index contributed by atoms with van der Waals surface area (Å²) >= 11 is 8.91. The number of carbonyl (C=O) groups excluding carboxylic acids is 1. The van der Waals surface area contributed by atoms with Gasteiger partial charge >= 0.3 is 0 Å². The minimum absolute atomic E-state index is 0.104. The van der Waals surface area contributed by atoms with Crippen molar-refractivity contribution in [3.8, 4) is 0 Å². The van der Waals surface area contributed by atoms with Gasteiger partial charge in [0.05, 0.1) is 11.1 Å². The number of thioether (sulfide) groups is 1. The second-order valence-corrected chi connectivity index (χ2v) is 9.02. The van der Waals surface area contributed by atoms with Gasteiger partial charge in [-0.25, -0.2) is 4.98 Å². The normalized spacial score (nSPS) is 13.6. The molecular weight excluding hydrogens is 402 g/mol. The Labute approximate surface area is 169 Å². The van der Waals surface area contributed by atoms with Crippen LogP contribution in [0.3, 0.4) is 0 Å². The van der Waals surface area contributed by atoms with Crippen LogP contribution in [0.5, 0.6) is 0 Å². The van der Waals surface area contributed by atoms with Gasteiger partial charge in [-0.15, -0.1) is 11.3 Å². The molecule has 1 aliphatic carbocycles. The summed E-state index contributed by atoms with van der Waals surface area (Å²) < 4.78 is 0. The first-order valence-electron chi connectivity index (χ1n) is 8.74. The number of halogens is 1. The molecule has 0 spiro atoms. The van der Waals surface area contributed by atoms with Crippen LogP contribution in [-0.4, -0.2) is 21.6 Å². The molecule has 0 saturated carbocycles. The molecule has 27 heavy (non-hydrogen) atoms. The standard InChI is InChI=1S/C19H18ClN3O2S2/c1-10-6-7-11(8-13(10)20)21-15(24)9-26-19-22-17(25)16-12-4-2-3-5-14(12)27-18(16)23-19/h6-8H,2-5,9H2,1H3,(H,21,24)(H,22,23,25). The quantitative estimate of drug-likeness (QED) is 0.480. The zero-order valence-electron chi connectivity index (χ0n) is 14.7. The number of hydrogen-bond donors (Lipinski definition) is 2. The molecule has 2 aromatic heterocycles. The first-order chi connectivity index (χ1) is 13.0. The summed E-state index contributed by atoms with van der Waals surface area (Å²) in [4.78, 5) is 34.2. The fourth-order valence-electron chi connectivity index (χ4n) is 3.21. The van der Waals surface area contributed by atoms with E-state index in [1.807, 2.05) is 19.1 Å². The van der Waals surface area contributed by atoms with Crippen molar-refractivity contribution < 1.29 is 4.79 Å². The summed E-state index contributed by atoms with van der Waals surface area (Å²) in [6, 6.07) is 5.39. The van der Waals surface area contributed by atoms with E-state index in [0.717, 1.165) is 35.0 Å². The fraction of sp³-hybridized carbons (Fsp3) is 0.316. The molecule has 8 heteroatoms. The molecular formula is C19H18ClN3O2S2. The SMILES string of the molecule is Cc1ccc(NC(=O)CSc2nc3sc4c(c3c(=O)[nH]2)CCCC4)cc1Cl. The summed E-state index contributed by atoms with van der Waals surface area (Å²) in [6.45, 7) is 1.91. The van der Waals surface area contributed by atoms with Gasteiger partial charge in [-0.1, -0.05) is 29.4 Å². The fourth-order valence-corrected chi connectivity index (χ4v) is 5.38.